The molecule has 5 heteroatoms. The van der Waals surface area contributed by atoms with Gasteiger partial charge in [0.25, 0.3) is 0 Å². The summed E-state index contributed by atoms with van der Waals surface area (Å²) in [6.07, 6.45) is 1.86. The summed E-state index contributed by atoms with van der Waals surface area (Å²) in [5.41, 5.74) is 1.94. The zero-order valence-electron chi connectivity index (χ0n) is 10.9. The lowest BCUT2D eigenvalue weighted by Gasteiger charge is -2.15. The van der Waals surface area contributed by atoms with Crippen LogP contribution in [0.2, 0.25) is 5.02 Å². The molecule has 102 valence electrons. The predicted molar refractivity (Wildman–Crippen MR) is 76.4 cm³/mol. The van der Waals surface area contributed by atoms with E-state index in [1.54, 1.807) is 6.92 Å². The van der Waals surface area contributed by atoms with Crippen molar-refractivity contribution in [3.63, 3.8) is 0 Å². The molecule has 3 rings (SSSR count). The maximum atomic E-state index is 9.72. The molecule has 0 bridgehead atoms. The SMILES string of the molecule is CC(O)Cn1c(C2CCCN2)nc2ccc(Cl)cc21. The Bertz CT molecular complexity index is 588. The highest BCUT2D eigenvalue weighted by atomic mass is 35.5. The summed E-state index contributed by atoms with van der Waals surface area (Å²) in [6, 6.07) is 6.00. The van der Waals surface area contributed by atoms with Crippen molar-refractivity contribution in [2.24, 2.45) is 0 Å². The Hall–Kier alpha value is -1.10. The van der Waals surface area contributed by atoms with Crippen molar-refractivity contribution in [2.75, 3.05) is 6.54 Å². The van der Waals surface area contributed by atoms with Crippen LogP contribution in [0.25, 0.3) is 11.0 Å². The van der Waals surface area contributed by atoms with Gasteiger partial charge < -0.3 is 15.0 Å². The number of hydrogen-bond donors (Lipinski definition) is 2. The number of imidazole rings is 1. The van der Waals surface area contributed by atoms with Crippen molar-refractivity contribution in [3.05, 3.63) is 29.0 Å². The van der Waals surface area contributed by atoms with E-state index >= 15 is 0 Å². The number of aromatic nitrogens is 2. The Labute approximate surface area is 117 Å². The van der Waals surface area contributed by atoms with E-state index in [2.05, 4.69) is 9.88 Å². The number of aliphatic hydroxyl groups is 1. The van der Waals surface area contributed by atoms with Gasteiger partial charge in [-0.15, -0.1) is 0 Å². The fourth-order valence-corrected chi connectivity index (χ4v) is 2.91. The maximum absolute atomic E-state index is 9.72. The molecule has 1 aromatic heterocycles. The average Bonchev–Trinajstić information content (AvgIpc) is 2.97. The van der Waals surface area contributed by atoms with E-state index in [4.69, 9.17) is 16.6 Å². The van der Waals surface area contributed by atoms with Gasteiger partial charge in [0.1, 0.15) is 5.82 Å². The fourth-order valence-electron chi connectivity index (χ4n) is 2.74. The smallest absolute Gasteiger partial charge is 0.127 e. The lowest BCUT2D eigenvalue weighted by atomic mass is 10.2. The molecule has 2 atom stereocenters. The lowest BCUT2D eigenvalue weighted by molar-refractivity contribution is 0.173. The van der Waals surface area contributed by atoms with E-state index in [1.807, 2.05) is 18.2 Å². The van der Waals surface area contributed by atoms with Crippen LogP contribution >= 0.6 is 11.6 Å². The Morgan fingerprint density at radius 1 is 1.58 bits per heavy atom. The van der Waals surface area contributed by atoms with Crippen LogP contribution in [0.3, 0.4) is 0 Å². The first kappa shape index (κ1) is 12.9. The zero-order chi connectivity index (χ0) is 13.4. The largest absolute Gasteiger partial charge is 0.392 e. The standard InChI is InChI=1S/C14H18ClN3O/c1-9(19)8-18-13-7-10(15)4-5-11(13)17-14(18)12-3-2-6-16-12/h4-5,7,9,12,16,19H,2-3,6,8H2,1H3. The summed E-state index contributed by atoms with van der Waals surface area (Å²) < 4.78 is 2.09. The van der Waals surface area contributed by atoms with Gasteiger partial charge in [0.05, 0.1) is 29.7 Å². The second-order valence-electron chi connectivity index (χ2n) is 5.21. The molecule has 0 amide bonds. The summed E-state index contributed by atoms with van der Waals surface area (Å²) in [6.45, 7) is 3.37. The second-order valence-corrected chi connectivity index (χ2v) is 5.65. The highest BCUT2D eigenvalue weighted by molar-refractivity contribution is 6.31. The van der Waals surface area contributed by atoms with Crippen molar-refractivity contribution in [3.8, 4) is 0 Å². The van der Waals surface area contributed by atoms with Crippen molar-refractivity contribution in [1.82, 2.24) is 14.9 Å². The first-order chi connectivity index (χ1) is 9.15. The number of rotatable bonds is 3. The van der Waals surface area contributed by atoms with Crippen molar-refractivity contribution < 1.29 is 5.11 Å². The third kappa shape index (κ3) is 2.48. The number of benzene rings is 1. The Kier molecular flexibility index (Phi) is 3.48. The second kappa shape index (κ2) is 5.12. The number of nitrogens with one attached hydrogen (secondary N) is 1. The number of nitrogens with zero attached hydrogens (tertiary/aromatic N) is 2. The minimum absolute atomic E-state index is 0.282. The molecule has 4 nitrogen and oxygen atoms in total. The van der Waals surface area contributed by atoms with Gasteiger partial charge in [0, 0.05) is 5.02 Å². The molecule has 1 aliphatic rings. The number of aliphatic hydroxyl groups excluding tert-OH is 1. The minimum Gasteiger partial charge on any atom is -0.392 e. The van der Waals surface area contributed by atoms with E-state index in [1.165, 1.54) is 6.42 Å². The molecular weight excluding hydrogens is 262 g/mol. The van der Waals surface area contributed by atoms with Crippen LogP contribution in [0, 0.1) is 0 Å². The molecule has 1 fully saturated rings. The molecule has 2 N–H and O–H groups in total. The van der Waals surface area contributed by atoms with E-state index in [0.717, 1.165) is 29.8 Å². The van der Waals surface area contributed by atoms with Crippen molar-refractivity contribution in [2.45, 2.75) is 38.5 Å². The lowest BCUT2D eigenvalue weighted by Crippen LogP contribution is -2.21. The highest BCUT2D eigenvalue weighted by Gasteiger charge is 2.23. The van der Waals surface area contributed by atoms with Gasteiger partial charge in [-0.05, 0) is 44.5 Å². The minimum atomic E-state index is -0.406. The normalized spacial score (nSPS) is 21.1. The monoisotopic (exact) mass is 279 g/mol. The van der Waals surface area contributed by atoms with Crippen LogP contribution < -0.4 is 5.32 Å². The molecule has 2 aromatic rings. The van der Waals surface area contributed by atoms with Gasteiger partial charge in [0.2, 0.25) is 0 Å². The first-order valence-electron chi connectivity index (χ1n) is 6.72. The molecule has 0 spiro atoms. The predicted octanol–water partition coefficient (Wildman–Crippen LogP) is 2.50. The Balaban J connectivity index is 2.13. The van der Waals surface area contributed by atoms with Crippen LogP contribution in [0.15, 0.2) is 18.2 Å². The van der Waals surface area contributed by atoms with Gasteiger partial charge in [-0.2, -0.15) is 0 Å². The quantitative estimate of drug-likeness (QED) is 0.908. The van der Waals surface area contributed by atoms with Gasteiger partial charge in [0.15, 0.2) is 0 Å². The summed E-state index contributed by atoms with van der Waals surface area (Å²) in [5, 5.41) is 13.9. The van der Waals surface area contributed by atoms with Crippen molar-refractivity contribution in [1.29, 1.82) is 0 Å². The average molecular weight is 280 g/mol. The Morgan fingerprint density at radius 3 is 3.11 bits per heavy atom. The van der Waals surface area contributed by atoms with E-state index in [9.17, 15) is 5.11 Å². The van der Waals surface area contributed by atoms with Gasteiger partial charge in [-0.25, -0.2) is 4.98 Å². The maximum Gasteiger partial charge on any atom is 0.127 e. The first-order valence-corrected chi connectivity index (χ1v) is 7.10. The molecule has 0 aliphatic carbocycles. The molecular formula is C14H18ClN3O. The summed E-state index contributed by atoms with van der Waals surface area (Å²) in [4.78, 5) is 4.72. The van der Waals surface area contributed by atoms with E-state index < -0.39 is 6.10 Å². The Morgan fingerprint density at radius 2 is 2.42 bits per heavy atom. The van der Waals surface area contributed by atoms with Crippen LogP contribution in [0.1, 0.15) is 31.6 Å². The van der Waals surface area contributed by atoms with Crippen LogP contribution in [0.4, 0.5) is 0 Å². The fraction of sp³-hybridized carbons (Fsp3) is 0.500. The number of fused-ring (bicyclic) bond motifs is 1. The topological polar surface area (TPSA) is 50.1 Å². The molecule has 1 aromatic carbocycles. The molecule has 0 saturated carbocycles. The highest BCUT2D eigenvalue weighted by Crippen LogP contribution is 2.28. The molecule has 1 saturated heterocycles. The molecule has 1 aliphatic heterocycles. The third-order valence-electron chi connectivity index (χ3n) is 3.56. The number of halogens is 1. The van der Waals surface area contributed by atoms with Gasteiger partial charge in [-0.3, -0.25) is 0 Å². The summed E-state index contributed by atoms with van der Waals surface area (Å²) in [5.74, 6) is 1.01. The van der Waals surface area contributed by atoms with Gasteiger partial charge >= 0.3 is 0 Å². The molecule has 2 heterocycles. The zero-order valence-corrected chi connectivity index (χ0v) is 11.7. The number of hydrogen-bond acceptors (Lipinski definition) is 3. The van der Waals surface area contributed by atoms with Crippen LogP contribution in [-0.4, -0.2) is 27.3 Å². The summed E-state index contributed by atoms with van der Waals surface area (Å²) in [7, 11) is 0. The molecule has 19 heavy (non-hydrogen) atoms. The van der Waals surface area contributed by atoms with Crippen LogP contribution in [0.5, 0.6) is 0 Å². The van der Waals surface area contributed by atoms with Gasteiger partial charge in [-0.1, -0.05) is 11.6 Å². The third-order valence-corrected chi connectivity index (χ3v) is 3.79. The van der Waals surface area contributed by atoms with Crippen LogP contribution in [-0.2, 0) is 6.54 Å². The molecule has 0 radical (unpaired) electrons. The summed E-state index contributed by atoms with van der Waals surface area (Å²) >= 11 is 6.08. The van der Waals surface area contributed by atoms with E-state index in [-0.39, 0.29) is 6.04 Å². The van der Waals surface area contributed by atoms with E-state index in [0.29, 0.717) is 11.6 Å². The molecule has 2 unspecified atom stereocenters. The van der Waals surface area contributed by atoms with Crippen molar-refractivity contribution >= 4 is 22.6 Å².